The molecule has 0 unspecified atom stereocenters. The molecule has 1 amide bonds. The van der Waals surface area contributed by atoms with Crippen LogP contribution >= 0.6 is 11.8 Å². The monoisotopic (exact) mass is 397 g/mol. The van der Waals surface area contributed by atoms with Crippen LogP contribution in [0.3, 0.4) is 0 Å². The van der Waals surface area contributed by atoms with Crippen molar-refractivity contribution >= 4 is 17.7 Å². The molecule has 28 heavy (non-hydrogen) atoms. The van der Waals surface area contributed by atoms with Crippen LogP contribution in [0.4, 0.5) is 0 Å². The molecule has 0 spiro atoms. The second-order valence-corrected chi connectivity index (χ2v) is 7.45. The fourth-order valence-electron chi connectivity index (χ4n) is 2.52. The van der Waals surface area contributed by atoms with Gasteiger partial charge >= 0.3 is 0 Å². The molecule has 0 aliphatic rings. The molecule has 146 valence electrons. The molecule has 2 aromatic carbocycles. The number of amides is 1. The van der Waals surface area contributed by atoms with Crippen LogP contribution in [0.5, 0.6) is 5.75 Å². The molecule has 0 aliphatic carbocycles. The van der Waals surface area contributed by atoms with Gasteiger partial charge in [0.1, 0.15) is 5.75 Å². The van der Waals surface area contributed by atoms with E-state index in [1.807, 2.05) is 24.3 Å². The Hall–Kier alpha value is -2.80. The largest absolute Gasteiger partial charge is 0.497 e. The third-order valence-electron chi connectivity index (χ3n) is 4.23. The van der Waals surface area contributed by atoms with Crippen LogP contribution in [-0.2, 0) is 17.1 Å². The van der Waals surface area contributed by atoms with E-state index < -0.39 is 0 Å². The summed E-state index contributed by atoms with van der Waals surface area (Å²) in [7, 11) is 3.36. The third kappa shape index (κ3) is 5.36. The first-order valence-electron chi connectivity index (χ1n) is 8.89. The molecule has 6 nitrogen and oxygen atoms in total. The van der Waals surface area contributed by atoms with Crippen molar-refractivity contribution in [2.75, 3.05) is 19.9 Å². The highest BCUT2D eigenvalue weighted by molar-refractivity contribution is 7.99. The zero-order valence-electron chi connectivity index (χ0n) is 16.2. The SMILES string of the molecule is COc1ccc(-c2noc(CN(C)C(=O)CSCc3ccc(C)cc3)n2)cc1. The van der Waals surface area contributed by atoms with Crippen molar-refractivity contribution in [2.45, 2.75) is 19.2 Å². The Morgan fingerprint density at radius 1 is 1.14 bits per heavy atom. The molecule has 7 heteroatoms. The average molecular weight is 398 g/mol. The van der Waals surface area contributed by atoms with Gasteiger partial charge in [-0.25, -0.2) is 0 Å². The summed E-state index contributed by atoms with van der Waals surface area (Å²) in [6.45, 7) is 2.35. The maximum Gasteiger partial charge on any atom is 0.246 e. The second kappa shape index (κ2) is 9.41. The van der Waals surface area contributed by atoms with E-state index in [9.17, 15) is 4.79 Å². The molecule has 0 atom stereocenters. The zero-order valence-corrected chi connectivity index (χ0v) is 17.0. The summed E-state index contributed by atoms with van der Waals surface area (Å²) in [6.07, 6.45) is 0. The van der Waals surface area contributed by atoms with Gasteiger partial charge in [-0.05, 0) is 36.8 Å². The molecular weight excluding hydrogens is 374 g/mol. The number of hydrogen-bond donors (Lipinski definition) is 0. The lowest BCUT2D eigenvalue weighted by Gasteiger charge is -2.14. The lowest BCUT2D eigenvalue weighted by Crippen LogP contribution is -2.28. The number of aromatic nitrogens is 2. The van der Waals surface area contributed by atoms with Crippen LogP contribution in [0.1, 0.15) is 17.0 Å². The Morgan fingerprint density at radius 2 is 1.86 bits per heavy atom. The van der Waals surface area contributed by atoms with Gasteiger partial charge < -0.3 is 14.2 Å². The number of benzene rings is 2. The van der Waals surface area contributed by atoms with Crippen LogP contribution < -0.4 is 4.74 Å². The van der Waals surface area contributed by atoms with Gasteiger partial charge in [0.05, 0.1) is 19.4 Å². The number of hydrogen-bond acceptors (Lipinski definition) is 6. The van der Waals surface area contributed by atoms with Gasteiger partial charge in [-0.1, -0.05) is 35.0 Å². The number of carbonyl (C=O) groups is 1. The predicted octanol–water partition coefficient (Wildman–Crippen LogP) is 3.95. The standard InChI is InChI=1S/C21H23N3O3S/c1-15-4-6-16(7-5-15)13-28-14-20(25)24(2)12-19-22-21(23-27-19)17-8-10-18(26-3)11-9-17/h4-11H,12-14H2,1-3H3. The highest BCUT2D eigenvalue weighted by atomic mass is 32.2. The summed E-state index contributed by atoms with van der Waals surface area (Å²) in [5.74, 6) is 2.91. The normalized spacial score (nSPS) is 10.7. The van der Waals surface area contributed by atoms with Crippen molar-refractivity contribution in [1.82, 2.24) is 15.0 Å². The highest BCUT2D eigenvalue weighted by Crippen LogP contribution is 2.20. The summed E-state index contributed by atoms with van der Waals surface area (Å²) in [6, 6.07) is 15.8. The van der Waals surface area contributed by atoms with Crippen LogP contribution in [-0.4, -0.2) is 40.9 Å². The number of ether oxygens (including phenoxy) is 1. The van der Waals surface area contributed by atoms with Crippen molar-refractivity contribution < 1.29 is 14.1 Å². The van der Waals surface area contributed by atoms with Crippen LogP contribution in [0, 0.1) is 6.92 Å². The van der Waals surface area contributed by atoms with E-state index in [0.717, 1.165) is 17.1 Å². The first-order chi connectivity index (χ1) is 13.5. The number of methoxy groups -OCH3 is 1. The number of aryl methyl sites for hydroxylation is 1. The van der Waals surface area contributed by atoms with Gasteiger partial charge in [0.2, 0.25) is 17.6 Å². The molecule has 0 saturated heterocycles. The van der Waals surface area contributed by atoms with E-state index >= 15 is 0 Å². The fourth-order valence-corrected chi connectivity index (χ4v) is 3.44. The van der Waals surface area contributed by atoms with Crippen LogP contribution in [0.2, 0.25) is 0 Å². The molecule has 0 bridgehead atoms. The molecule has 0 N–H and O–H groups in total. The maximum atomic E-state index is 12.3. The molecule has 0 saturated carbocycles. The van der Waals surface area contributed by atoms with E-state index in [-0.39, 0.29) is 12.5 Å². The first-order valence-corrected chi connectivity index (χ1v) is 10.0. The smallest absolute Gasteiger partial charge is 0.246 e. The molecule has 3 rings (SSSR count). The number of rotatable bonds is 8. The summed E-state index contributed by atoms with van der Waals surface area (Å²) in [5, 5.41) is 3.99. The molecule has 0 fully saturated rings. The van der Waals surface area contributed by atoms with Crippen LogP contribution in [0.15, 0.2) is 53.1 Å². The van der Waals surface area contributed by atoms with E-state index in [1.54, 1.807) is 30.8 Å². The third-order valence-corrected chi connectivity index (χ3v) is 5.22. The number of thioether (sulfide) groups is 1. The summed E-state index contributed by atoms with van der Waals surface area (Å²) >= 11 is 1.60. The van der Waals surface area contributed by atoms with Crippen LogP contribution in [0.25, 0.3) is 11.4 Å². The van der Waals surface area contributed by atoms with Gasteiger partial charge in [0, 0.05) is 18.4 Å². The van der Waals surface area contributed by atoms with E-state index in [2.05, 4.69) is 41.3 Å². The van der Waals surface area contributed by atoms with Gasteiger partial charge in [-0.3, -0.25) is 4.79 Å². The minimum absolute atomic E-state index is 0.0290. The Labute approximate surface area is 168 Å². The van der Waals surface area contributed by atoms with Crippen molar-refractivity contribution in [2.24, 2.45) is 0 Å². The van der Waals surface area contributed by atoms with Crippen molar-refractivity contribution in [3.63, 3.8) is 0 Å². The van der Waals surface area contributed by atoms with E-state index in [4.69, 9.17) is 9.26 Å². The van der Waals surface area contributed by atoms with Gasteiger partial charge in [-0.2, -0.15) is 4.98 Å². The lowest BCUT2D eigenvalue weighted by molar-refractivity contribution is -0.127. The molecule has 0 radical (unpaired) electrons. The molecular formula is C21H23N3O3S. The Morgan fingerprint density at radius 3 is 2.54 bits per heavy atom. The molecule has 0 aliphatic heterocycles. The Balaban J connectivity index is 1.49. The van der Waals surface area contributed by atoms with Gasteiger partial charge in [0.15, 0.2) is 0 Å². The lowest BCUT2D eigenvalue weighted by atomic mass is 10.2. The number of nitrogens with zero attached hydrogens (tertiary/aromatic N) is 3. The van der Waals surface area contributed by atoms with Crippen molar-refractivity contribution in [1.29, 1.82) is 0 Å². The average Bonchev–Trinajstić information content (AvgIpc) is 3.18. The van der Waals surface area contributed by atoms with Gasteiger partial charge in [-0.15, -0.1) is 11.8 Å². The summed E-state index contributed by atoms with van der Waals surface area (Å²) < 4.78 is 10.4. The maximum absolute atomic E-state index is 12.3. The molecule has 1 heterocycles. The minimum atomic E-state index is 0.0290. The summed E-state index contributed by atoms with van der Waals surface area (Å²) in [5.41, 5.74) is 3.28. The first kappa shape index (κ1) is 19.9. The van der Waals surface area contributed by atoms with Crippen molar-refractivity contribution in [3.05, 3.63) is 65.5 Å². The molecule has 1 aromatic heterocycles. The van der Waals surface area contributed by atoms with E-state index in [1.165, 1.54) is 11.1 Å². The Kier molecular flexibility index (Phi) is 6.71. The van der Waals surface area contributed by atoms with Gasteiger partial charge in [0.25, 0.3) is 0 Å². The summed E-state index contributed by atoms with van der Waals surface area (Å²) in [4.78, 5) is 18.3. The van der Waals surface area contributed by atoms with E-state index in [0.29, 0.717) is 17.5 Å². The zero-order chi connectivity index (χ0) is 19.9. The highest BCUT2D eigenvalue weighted by Gasteiger charge is 2.15. The predicted molar refractivity (Wildman–Crippen MR) is 110 cm³/mol. The number of carbonyl (C=O) groups excluding carboxylic acids is 1. The second-order valence-electron chi connectivity index (χ2n) is 6.47. The molecule has 3 aromatic rings. The quantitative estimate of drug-likeness (QED) is 0.573. The fraction of sp³-hybridized carbons (Fsp3) is 0.286. The topological polar surface area (TPSA) is 68.5 Å². The Bertz CT molecular complexity index is 907. The van der Waals surface area contributed by atoms with Crippen molar-refractivity contribution in [3.8, 4) is 17.1 Å². The minimum Gasteiger partial charge on any atom is -0.497 e.